The minimum Gasteiger partial charge on any atom is -0.396 e. The molecule has 0 spiro atoms. The Bertz CT molecular complexity index is 708. The summed E-state index contributed by atoms with van der Waals surface area (Å²) in [5.74, 6) is -0.0230. The number of benzene rings is 2. The van der Waals surface area contributed by atoms with E-state index in [0.29, 0.717) is 11.4 Å². The lowest BCUT2D eigenvalue weighted by Gasteiger charge is -2.05. The minimum absolute atomic E-state index is 0.0995. The van der Waals surface area contributed by atoms with E-state index in [0.717, 1.165) is 5.69 Å². The third kappa shape index (κ3) is 2.03. The maximum Gasteiger partial charge on any atom is 0.187 e. The summed E-state index contributed by atoms with van der Waals surface area (Å²) in [6.07, 6.45) is 0. The molecule has 0 amide bonds. The fraction of sp³-hybridized carbons (Fsp3) is 0. The lowest BCUT2D eigenvalue weighted by Crippen LogP contribution is -2.00. The molecule has 3 aromatic rings. The molecule has 2 aromatic carbocycles. The van der Waals surface area contributed by atoms with Crippen LogP contribution in [0.25, 0.3) is 17.1 Å². The highest BCUT2D eigenvalue weighted by Gasteiger charge is 2.12. The second-order valence-corrected chi connectivity index (χ2v) is 3.99. The molecule has 19 heavy (non-hydrogen) atoms. The molecule has 0 saturated carbocycles. The van der Waals surface area contributed by atoms with Gasteiger partial charge in [0.2, 0.25) is 0 Å². The first kappa shape index (κ1) is 11.3. The molecule has 6 heteroatoms. The zero-order valence-corrected chi connectivity index (χ0v) is 9.86. The van der Waals surface area contributed by atoms with E-state index in [4.69, 9.17) is 5.73 Å². The second-order valence-electron chi connectivity index (χ2n) is 3.99. The van der Waals surface area contributed by atoms with Gasteiger partial charge in [-0.2, -0.15) is 4.68 Å². The minimum atomic E-state index is -0.486. The van der Waals surface area contributed by atoms with Crippen molar-refractivity contribution in [3.05, 3.63) is 54.3 Å². The van der Waals surface area contributed by atoms with Crippen LogP contribution < -0.4 is 5.73 Å². The van der Waals surface area contributed by atoms with Crippen molar-refractivity contribution in [1.29, 1.82) is 0 Å². The Labute approximate surface area is 108 Å². The Hall–Kier alpha value is -2.76. The van der Waals surface area contributed by atoms with E-state index in [1.807, 2.05) is 30.3 Å². The molecular formula is C13H10FN5. The first-order chi connectivity index (χ1) is 9.25. The fourth-order valence-electron chi connectivity index (χ4n) is 1.78. The van der Waals surface area contributed by atoms with Crippen LogP contribution in [-0.2, 0) is 0 Å². The van der Waals surface area contributed by atoms with E-state index in [-0.39, 0.29) is 5.69 Å². The summed E-state index contributed by atoms with van der Waals surface area (Å²) in [6, 6.07) is 13.9. The van der Waals surface area contributed by atoms with E-state index in [1.54, 1.807) is 10.7 Å². The van der Waals surface area contributed by atoms with E-state index in [2.05, 4.69) is 15.5 Å². The van der Waals surface area contributed by atoms with E-state index < -0.39 is 5.82 Å². The molecule has 1 aromatic heterocycles. The second kappa shape index (κ2) is 4.49. The first-order valence-electron chi connectivity index (χ1n) is 5.65. The standard InChI is InChI=1S/C13H10FN5/c14-11-8-9(6-7-12(11)15)13-16-17-18-19(13)10-4-2-1-3-5-10/h1-8H,15H2. The van der Waals surface area contributed by atoms with Crippen LogP contribution in [0, 0.1) is 5.82 Å². The van der Waals surface area contributed by atoms with Crippen LogP contribution in [0.5, 0.6) is 0 Å². The molecule has 2 N–H and O–H groups in total. The third-order valence-corrected chi connectivity index (χ3v) is 2.73. The lowest BCUT2D eigenvalue weighted by molar-refractivity contribution is 0.632. The SMILES string of the molecule is Nc1ccc(-c2nnnn2-c2ccccc2)cc1F. The summed E-state index contributed by atoms with van der Waals surface area (Å²) in [5, 5.41) is 11.5. The Morgan fingerprint density at radius 3 is 2.58 bits per heavy atom. The van der Waals surface area contributed by atoms with Gasteiger partial charge >= 0.3 is 0 Å². The van der Waals surface area contributed by atoms with Crippen LogP contribution in [-0.4, -0.2) is 20.2 Å². The molecule has 0 fully saturated rings. The molecule has 0 atom stereocenters. The van der Waals surface area contributed by atoms with Crippen LogP contribution in [0.4, 0.5) is 10.1 Å². The topological polar surface area (TPSA) is 69.6 Å². The Balaban J connectivity index is 2.12. The summed E-state index contributed by atoms with van der Waals surface area (Å²) in [5.41, 5.74) is 6.93. The van der Waals surface area contributed by atoms with E-state index in [9.17, 15) is 4.39 Å². The molecule has 0 radical (unpaired) electrons. The highest BCUT2D eigenvalue weighted by atomic mass is 19.1. The van der Waals surface area contributed by atoms with Gasteiger partial charge in [0.15, 0.2) is 5.82 Å². The van der Waals surface area contributed by atoms with Crippen LogP contribution in [0.2, 0.25) is 0 Å². The number of para-hydroxylation sites is 1. The summed E-state index contributed by atoms with van der Waals surface area (Å²) < 4.78 is 15.0. The molecule has 0 aliphatic rings. The Morgan fingerprint density at radius 1 is 1.05 bits per heavy atom. The van der Waals surface area contributed by atoms with Gasteiger partial charge in [-0.25, -0.2) is 4.39 Å². The molecule has 0 unspecified atom stereocenters. The molecule has 0 aliphatic heterocycles. The molecule has 0 saturated heterocycles. The summed E-state index contributed by atoms with van der Waals surface area (Å²) >= 11 is 0. The molecular weight excluding hydrogens is 245 g/mol. The van der Waals surface area contributed by atoms with Crippen molar-refractivity contribution in [3.8, 4) is 17.1 Å². The third-order valence-electron chi connectivity index (χ3n) is 2.73. The predicted octanol–water partition coefficient (Wildman–Crippen LogP) is 2.05. The molecule has 0 bridgehead atoms. The van der Waals surface area contributed by atoms with Gasteiger partial charge in [-0.05, 0) is 40.8 Å². The van der Waals surface area contributed by atoms with Crippen molar-refractivity contribution >= 4 is 5.69 Å². The van der Waals surface area contributed by atoms with Crippen LogP contribution >= 0.6 is 0 Å². The number of hydrogen-bond acceptors (Lipinski definition) is 4. The number of rotatable bonds is 2. The van der Waals surface area contributed by atoms with Gasteiger partial charge in [-0.3, -0.25) is 0 Å². The maximum absolute atomic E-state index is 13.5. The average molecular weight is 255 g/mol. The van der Waals surface area contributed by atoms with E-state index in [1.165, 1.54) is 12.1 Å². The molecule has 94 valence electrons. The van der Waals surface area contributed by atoms with Crippen molar-refractivity contribution in [3.63, 3.8) is 0 Å². The van der Waals surface area contributed by atoms with Gasteiger partial charge in [-0.15, -0.1) is 5.10 Å². The quantitative estimate of drug-likeness (QED) is 0.711. The molecule has 1 heterocycles. The summed E-state index contributed by atoms with van der Waals surface area (Å²) in [7, 11) is 0. The van der Waals surface area contributed by atoms with Gasteiger partial charge < -0.3 is 5.73 Å². The van der Waals surface area contributed by atoms with Crippen LogP contribution in [0.3, 0.4) is 0 Å². The number of nitrogens with zero attached hydrogens (tertiary/aromatic N) is 4. The van der Waals surface area contributed by atoms with Crippen molar-refractivity contribution in [1.82, 2.24) is 20.2 Å². The zero-order valence-electron chi connectivity index (χ0n) is 9.86. The lowest BCUT2D eigenvalue weighted by atomic mass is 10.2. The molecule has 5 nitrogen and oxygen atoms in total. The predicted molar refractivity (Wildman–Crippen MR) is 69.0 cm³/mol. The largest absolute Gasteiger partial charge is 0.396 e. The van der Waals surface area contributed by atoms with Gasteiger partial charge in [0.1, 0.15) is 5.82 Å². The monoisotopic (exact) mass is 255 g/mol. The number of anilines is 1. The molecule has 0 aliphatic carbocycles. The number of hydrogen-bond donors (Lipinski definition) is 1. The zero-order chi connectivity index (χ0) is 13.2. The van der Waals surface area contributed by atoms with Gasteiger partial charge in [0, 0.05) is 5.56 Å². The number of tetrazole rings is 1. The number of aromatic nitrogens is 4. The van der Waals surface area contributed by atoms with Crippen LogP contribution in [0.15, 0.2) is 48.5 Å². The Kier molecular flexibility index (Phi) is 2.68. The summed E-state index contributed by atoms with van der Waals surface area (Å²) in [4.78, 5) is 0. The normalized spacial score (nSPS) is 10.6. The van der Waals surface area contributed by atoms with Crippen LogP contribution in [0.1, 0.15) is 0 Å². The Morgan fingerprint density at radius 2 is 1.84 bits per heavy atom. The fourth-order valence-corrected chi connectivity index (χ4v) is 1.78. The smallest absolute Gasteiger partial charge is 0.187 e. The summed E-state index contributed by atoms with van der Waals surface area (Å²) in [6.45, 7) is 0. The highest BCUT2D eigenvalue weighted by molar-refractivity contribution is 5.60. The highest BCUT2D eigenvalue weighted by Crippen LogP contribution is 2.22. The van der Waals surface area contributed by atoms with Crippen molar-refractivity contribution in [2.24, 2.45) is 0 Å². The number of nitrogens with two attached hydrogens (primary N) is 1. The van der Waals surface area contributed by atoms with E-state index >= 15 is 0 Å². The maximum atomic E-state index is 13.5. The van der Waals surface area contributed by atoms with Crippen molar-refractivity contribution in [2.45, 2.75) is 0 Å². The molecule has 3 rings (SSSR count). The van der Waals surface area contributed by atoms with Crippen molar-refractivity contribution < 1.29 is 4.39 Å². The van der Waals surface area contributed by atoms with Crippen molar-refractivity contribution in [2.75, 3.05) is 5.73 Å². The van der Waals surface area contributed by atoms with Gasteiger partial charge in [0.25, 0.3) is 0 Å². The number of halogens is 1. The van der Waals surface area contributed by atoms with Gasteiger partial charge in [0.05, 0.1) is 11.4 Å². The number of nitrogen functional groups attached to an aromatic ring is 1. The van der Waals surface area contributed by atoms with Gasteiger partial charge in [-0.1, -0.05) is 18.2 Å². The first-order valence-corrected chi connectivity index (χ1v) is 5.65. The average Bonchev–Trinajstić information content (AvgIpc) is 2.92.